The Bertz CT molecular complexity index is 716. The molecule has 132 valence electrons. The van der Waals surface area contributed by atoms with Crippen LogP contribution in [-0.2, 0) is 6.54 Å². The van der Waals surface area contributed by atoms with Crippen LogP contribution in [0, 0.1) is 30.1 Å². The summed E-state index contributed by atoms with van der Waals surface area (Å²) in [7, 11) is 0. The minimum absolute atomic E-state index is 0.594. The van der Waals surface area contributed by atoms with E-state index in [4.69, 9.17) is 0 Å². The third kappa shape index (κ3) is 3.03. The molecule has 0 radical (unpaired) electrons. The monoisotopic (exact) mass is 353 g/mol. The van der Waals surface area contributed by atoms with Crippen molar-refractivity contribution in [2.45, 2.75) is 57.1 Å². The van der Waals surface area contributed by atoms with Crippen LogP contribution in [0.2, 0.25) is 0 Å². The van der Waals surface area contributed by atoms with E-state index in [0.717, 1.165) is 35.3 Å². The second-order valence-electron chi connectivity index (χ2n) is 8.81. The van der Waals surface area contributed by atoms with Crippen LogP contribution in [0.15, 0.2) is 35.5 Å². The van der Waals surface area contributed by atoms with Gasteiger partial charge in [-0.05, 0) is 74.2 Å². The van der Waals surface area contributed by atoms with Crippen molar-refractivity contribution in [2.24, 2.45) is 23.2 Å². The molecule has 4 saturated carbocycles. The third-order valence-corrected chi connectivity index (χ3v) is 8.07. The number of benzene rings is 1. The molecule has 0 N–H and O–H groups in total. The van der Waals surface area contributed by atoms with E-state index in [9.17, 15) is 0 Å². The minimum atomic E-state index is 0.594. The maximum atomic E-state index is 4.50. The van der Waals surface area contributed by atoms with Crippen LogP contribution in [0.1, 0.15) is 49.9 Å². The molecule has 0 spiro atoms. The number of hydrogen-bond donors (Lipinski definition) is 0. The van der Waals surface area contributed by atoms with Gasteiger partial charge in [-0.25, -0.2) is 0 Å². The highest BCUT2D eigenvalue weighted by Crippen LogP contribution is 2.61. The van der Waals surface area contributed by atoms with Crippen molar-refractivity contribution >= 4 is 11.8 Å². The van der Waals surface area contributed by atoms with Crippen LogP contribution in [0.3, 0.4) is 0 Å². The Balaban J connectivity index is 1.32. The zero-order chi connectivity index (χ0) is 16.9. The SMILES string of the molecule is Cc1nnc(SCC23CC4CC(CC(C4)C2)C3)n1Cc1ccccc1. The lowest BCUT2D eigenvalue weighted by Crippen LogP contribution is -2.47. The zero-order valence-corrected chi connectivity index (χ0v) is 15.8. The van der Waals surface area contributed by atoms with Crippen LogP contribution in [0.4, 0.5) is 0 Å². The molecule has 3 nitrogen and oxygen atoms in total. The van der Waals surface area contributed by atoms with E-state index < -0.39 is 0 Å². The third-order valence-electron chi connectivity index (χ3n) is 6.76. The first-order valence-corrected chi connectivity index (χ1v) is 10.7. The van der Waals surface area contributed by atoms with Crippen LogP contribution >= 0.6 is 11.8 Å². The van der Waals surface area contributed by atoms with Gasteiger partial charge in [0.2, 0.25) is 0 Å². The number of thioether (sulfide) groups is 1. The van der Waals surface area contributed by atoms with Crippen molar-refractivity contribution in [3.63, 3.8) is 0 Å². The highest BCUT2D eigenvalue weighted by Gasteiger charge is 2.50. The predicted molar refractivity (Wildman–Crippen MR) is 102 cm³/mol. The lowest BCUT2D eigenvalue weighted by molar-refractivity contribution is -0.0381. The highest BCUT2D eigenvalue weighted by atomic mass is 32.2. The lowest BCUT2D eigenvalue weighted by atomic mass is 9.50. The van der Waals surface area contributed by atoms with Gasteiger partial charge in [0.05, 0.1) is 6.54 Å². The molecule has 4 bridgehead atoms. The van der Waals surface area contributed by atoms with E-state index >= 15 is 0 Å². The number of aryl methyl sites for hydroxylation is 1. The number of nitrogens with zero attached hydrogens (tertiary/aromatic N) is 3. The largest absolute Gasteiger partial charge is 0.302 e. The Morgan fingerprint density at radius 3 is 2.28 bits per heavy atom. The molecule has 2 aromatic rings. The van der Waals surface area contributed by atoms with Gasteiger partial charge in [0.1, 0.15) is 5.82 Å². The van der Waals surface area contributed by atoms with E-state index in [2.05, 4.69) is 52.0 Å². The summed E-state index contributed by atoms with van der Waals surface area (Å²) in [6.45, 7) is 2.95. The second-order valence-corrected chi connectivity index (χ2v) is 9.75. The standard InChI is InChI=1S/C21H27N3S/c1-15-22-23-20(24(15)13-16-5-3-2-4-6-16)25-14-21-10-17-7-18(11-21)9-19(8-17)12-21/h2-6,17-19H,7-14H2,1H3. The van der Waals surface area contributed by atoms with E-state index in [-0.39, 0.29) is 0 Å². The molecular formula is C21H27N3S. The van der Waals surface area contributed by atoms with E-state index in [1.807, 2.05) is 11.8 Å². The first-order valence-electron chi connectivity index (χ1n) is 9.76. The summed E-state index contributed by atoms with van der Waals surface area (Å²) in [5, 5.41) is 9.98. The molecule has 1 heterocycles. The Labute approximate surface area is 154 Å². The van der Waals surface area contributed by atoms with E-state index in [1.54, 1.807) is 0 Å². The fourth-order valence-corrected chi connectivity index (χ4v) is 7.34. The van der Waals surface area contributed by atoms with Crippen molar-refractivity contribution in [1.29, 1.82) is 0 Å². The van der Waals surface area contributed by atoms with Crippen molar-refractivity contribution < 1.29 is 0 Å². The smallest absolute Gasteiger partial charge is 0.191 e. The quantitative estimate of drug-likeness (QED) is 0.713. The first-order chi connectivity index (χ1) is 12.2. The number of aromatic nitrogens is 3. The summed E-state index contributed by atoms with van der Waals surface area (Å²) in [6, 6.07) is 10.7. The average molecular weight is 354 g/mol. The molecule has 4 aliphatic rings. The Morgan fingerprint density at radius 1 is 1.00 bits per heavy atom. The molecular weight excluding hydrogens is 326 g/mol. The maximum absolute atomic E-state index is 4.50. The average Bonchev–Trinajstić information content (AvgIpc) is 2.93. The maximum Gasteiger partial charge on any atom is 0.191 e. The summed E-state index contributed by atoms with van der Waals surface area (Å²) in [4.78, 5) is 0. The van der Waals surface area contributed by atoms with Crippen LogP contribution in [0.5, 0.6) is 0 Å². The number of rotatable bonds is 5. The van der Waals surface area contributed by atoms with Gasteiger partial charge in [0.25, 0.3) is 0 Å². The van der Waals surface area contributed by atoms with Gasteiger partial charge in [-0.3, -0.25) is 0 Å². The van der Waals surface area contributed by atoms with Crippen molar-refractivity contribution in [3.05, 3.63) is 41.7 Å². The molecule has 4 fully saturated rings. The Hall–Kier alpha value is -1.29. The van der Waals surface area contributed by atoms with Crippen molar-refractivity contribution in [3.8, 4) is 0 Å². The molecule has 6 rings (SSSR count). The van der Waals surface area contributed by atoms with Gasteiger partial charge in [-0.15, -0.1) is 10.2 Å². The summed E-state index contributed by atoms with van der Waals surface area (Å²) in [5.41, 5.74) is 1.92. The molecule has 1 aromatic carbocycles. The molecule has 25 heavy (non-hydrogen) atoms. The molecule has 0 unspecified atom stereocenters. The van der Waals surface area contributed by atoms with Crippen LogP contribution < -0.4 is 0 Å². The van der Waals surface area contributed by atoms with Gasteiger partial charge in [0.15, 0.2) is 5.16 Å². The molecule has 4 heteroatoms. The minimum Gasteiger partial charge on any atom is -0.302 e. The first kappa shape index (κ1) is 15.9. The zero-order valence-electron chi connectivity index (χ0n) is 15.0. The molecule has 0 saturated heterocycles. The van der Waals surface area contributed by atoms with Gasteiger partial charge in [0, 0.05) is 5.75 Å². The van der Waals surface area contributed by atoms with Gasteiger partial charge in [-0.1, -0.05) is 42.1 Å². The van der Waals surface area contributed by atoms with Gasteiger partial charge in [-0.2, -0.15) is 0 Å². The molecule has 1 aromatic heterocycles. The molecule has 0 atom stereocenters. The van der Waals surface area contributed by atoms with Crippen molar-refractivity contribution in [1.82, 2.24) is 14.8 Å². The molecule has 4 aliphatic carbocycles. The van der Waals surface area contributed by atoms with Crippen LogP contribution in [0.25, 0.3) is 0 Å². The fraction of sp³-hybridized carbons (Fsp3) is 0.619. The van der Waals surface area contributed by atoms with Gasteiger partial charge < -0.3 is 4.57 Å². The van der Waals surface area contributed by atoms with Gasteiger partial charge >= 0.3 is 0 Å². The summed E-state index contributed by atoms with van der Waals surface area (Å²) in [5.74, 6) is 5.34. The highest BCUT2D eigenvalue weighted by molar-refractivity contribution is 7.99. The fourth-order valence-electron chi connectivity index (χ4n) is 6.10. The normalized spacial score (nSPS) is 33.1. The number of hydrogen-bond acceptors (Lipinski definition) is 3. The Morgan fingerprint density at radius 2 is 1.64 bits per heavy atom. The summed E-state index contributed by atoms with van der Waals surface area (Å²) in [6.07, 6.45) is 8.97. The molecule has 0 aliphatic heterocycles. The summed E-state index contributed by atoms with van der Waals surface area (Å²) < 4.78 is 2.29. The Kier molecular flexibility index (Phi) is 3.92. The van der Waals surface area contributed by atoms with Crippen LogP contribution in [-0.4, -0.2) is 20.5 Å². The topological polar surface area (TPSA) is 30.7 Å². The van der Waals surface area contributed by atoms with E-state index in [0.29, 0.717) is 5.41 Å². The second kappa shape index (κ2) is 6.15. The lowest BCUT2D eigenvalue weighted by Gasteiger charge is -2.56. The predicted octanol–water partition coefficient (Wildman–Crippen LogP) is 4.94. The van der Waals surface area contributed by atoms with E-state index in [1.165, 1.54) is 49.8 Å². The molecule has 0 amide bonds. The van der Waals surface area contributed by atoms with Crippen molar-refractivity contribution in [2.75, 3.05) is 5.75 Å². The summed E-state index contributed by atoms with van der Waals surface area (Å²) >= 11 is 1.96.